The van der Waals surface area contributed by atoms with Gasteiger partial charge in [-0.15, -0.1) is 0 Å². The highest BCUT2D eigenvalue weighted by Crippen LogP contribution is 2.37. The Labute approximate surface area is 177 Å². The number of fused-ring (bicyclic) bond motifs is 1. The largest absolute Gasteiger partial charge is 0.365 e. The number of quaternary nitrogens is 1. The minimum atomic E-state index is -0.150. The van der Waals surface area contributed by atoms with Crippen molar-refractivity contribution in [3.05, 3.63) is 35.9 Å². The molecule has 0 aromatic heterocycles. The summed E-state index contributed by atoms with van der Waals surface area (Å²) in [7, 11) is 0. The van der Waals surface area contributed by atoms with Gasteiger partial charge in [0.1, 0.15) is 25.7 Å². The molecule has 1 aromatic rings. The van der Waals surface area contributed by atoms with Gasteiger partial charge in [-0.1, -0.05) is 43.2 Å². The number of nitrogens with one attached hydrogen (secondary N) is 2. The predicted octanol–water partition coefficient (Wildman–Crippen LogP) is 0.152. The maximum absolute atomic E-state index is 12.5. The van der Waals surface area contributed by atoms with Crippen LogP contribution >= 0.6 is 0 Å². The molecule has 4 atom stereocenters. The summed E-state index contributed by atoms with van der Waals surface area (Å²) in [4.78, 5) is 40.1. The van der Waals surface area contributed by atoms with Crippen molar-refractivity contribution in [3.8, 4) is 0 Å². The number of hydrogen-bond donors (Lipinski definition) is 2. The number of benzene rings is 1. The molecule has 0 radical (unpaired) electrons. The lowest BCUT2D eigenvalue weighted by Crippen LogP contribution is -3.13. The van der Waals surface area contributed by atoms with Crippen LogP contribution < -0.4 is 10.2 Å². The standard InChI is InChI=1S/C23H31N3O4/c27-21(10-11-26-22(28)19-8-4-5-9-20(19)23(26)29)24-14-18-16-25(12-13-30-18)15-17-6-2-1-3-7-17/h1-3,6-7,18-20H,4-5,8-16H2,(H,24,27)/p+1/t18-,19-,20+/m0/s1. The number of ether oxygens (including phenoxy) is 1. The Bertz CT molecular complexity index is 745. The molecule has 0 bridgehead atoms. The summed E-state index contributed by atoms with van der Waals surface area (Å²) in [5.74, 6) is -0.585. The van der Waals surface area contributed by atoms with E-state index in [2.05, 4.69) is 29.6 Å². The summed E-state index contributed by atoms with van der Waals surface area (Å²) in [5, 5.41) is 2.93. The molecular weight excluding hydrogens is 382 g/mol. The highest BCUT2D eigenvalue weighted by Gasteiger charge is 2.47. The van der Waals surface area contributed by atoms with Crippen LogP contribution in [0.15, 0.2) is 30.3 Å². The number of amides is 3. The van der Waals surface area contributed by atoms with Gasteiger partial charge < -0.3 is 15.0 Å². The van der Waals surface area contributed by atoms with Crippen molar-refractivity contribution < 1.29 is 24.0 Å². The summed E-state index contributed by atoms with van der Waals surface area (Å²) < 4.78 is 5.82. The van der Waals surface area contributed by atoms with Gasteiger partial charge in [0.05, 0.1) is 18.4 Å². The van der Waals surface area contributed by atoms with Crippen molar-refractivity contribution in [1.29, 1.82) is 0 Å². The summed E-state index contributed by atoms with van der Waals surface area (Å²) in [6.07, 6.45) is 3.78. The van der Waals surface area contributed by atoms with Crippen LogP contribution in [0.1, 0.15) is 37.7 Å². The normalized spacial score (nSPS) is 29.0. The first-order chi connectivity index (χ1) is 14.6. The molecule has 1 aliphatic carbocycles. The SMILES string of the molecule is O=C(CCN1C(=O)[C@H]2CCCC[C@H]2C1=O)NC[C@H]1C[NH+](Cc2ccccc2)CCO1. The van der Waals surface area contributed by atoms with E-state index < -0.39 is 0 Å². The molecule has 7 heteroatoms. The van der Waals surface area contributed by atoms with Gasteiger partial charge >= 0.3 is 0 Å². The first kappa shape index (κ1) is 21.0. The fraction of sp³-hybridized carbons (Fsp3) is 0.609. The Kier molecular flexibility index (Phi) is 6.79. The number of nitrogens with zero attached hydrogens (tertiary/aromatic N) is 1. The number of morpholine rings is 1. The van der Waals surface area contributed by atoms with Crippen molar-refractivity contribution in [2.45, 2.75) is 44.8 Å². The van der Waals surface area contributed by atoms with Crippen molar-refractivity contribution in [1.82, 2.24) is 10.2 Å². The van der Waals surface area contributed by atoms with Crippen LogP contribution in [0.4, 0.5) is 0 Å². The summed E-state index contributed by atoms with van der Waals surface area (Å²) >= 11 is 0. The minimum absolute atomic E-state index is 0.0145. The Morgan fingerprint density at radius 3 is 2.50 bits per heavy atom. The fourth-order valence-electron chi connectivity index (χ4n) is 5.01. The van der Waals surface area contributed by atoms with Gasteiger partial charge in [0.15, 0.2) is 0 Å². The van der Waals surface area contributed by atoms with Gasteiger partial charge in [-0.25, -0.2) is 0 Å². The number of carbonyl (C=O) groups excluding carboxylic acids is 3. The van der Waals surface area contributed by atoms with E-state index in [-0.39, 0.29) is 48.6 Å². The van der Waals surface area contributed by atoms with Crippen LogP contribution in [0, 0.1) is 11.8 Å². The van der Waals surface area contributed by atoms with Crippen molar-refractivity contribution in [3.63, 3.8) is 0 Å². The van der Waals surface area contributed by atoms with E-state index in [1.165, 1.54) is 15.4 Å². The van der Waals surface area contributed by atoms with E-state index in [9.17, 15) is 14.4 Å². The molecule has 2 aliphatic heterocycles. The molecule has 0 spiro atoms. The summed E-state index contributed by atoms with van der Waals surface area (Å²) in [6.45, 7) is 4.10. The van der Waals surface area contributed by atoms with Crippen LogP contribution in [-0.4, -0.2) is 61.5 Å². The first-order valence-corrected chi connectivity index (χ1v) is 11.2. The topological polar surface area (TPSA) is 80.2 Å². The molecule has 30 heavy (non-hydrogen) atoms. The average Bonchev–Trinajstić information content (AvgIpc) is 3.02. The third-order valence-electron chi connectivity index (χ3n) is 6.64. The van der Waals surface area contributed by atoms with E-state index in [0.29, 0.717) is 13.2 Å². The van der Waals surface area contributed by atoms with Gasteiger partial charge in [0.2, 0.25) is 17.7 Å². The fourth-order valence-corrected chi connectivity index (χ4v) is 5.01. The molecule has 7 nitrogen and oxygen atoms in total. The number of rotatable bonds is 7. The lowest BCUT2D eigenvalue weighted by atomic mass is 9.81. The smallest absolute Gasteiger partial charge is 0.233 e. The zero-order chi connectivity index (χ0) is 20.9. The second kappa shape index (κ2) is 9.71. The zero-order valence-electron chi connectivity index (χ0n) is 17.5. The molecular formula is C23H32N3O4+. The molecule has 1 aromatic carbocycles. The van der Waals surface area contributed by atoms with Gasteiger partial charge in [0, 0.05) is 25.1 Å². The van der Waals surface area contributed by atoms with Crippen LogP contribution in [-0.2, 0) is 25.7 Å². The Balaban J connectivity index is 1.19. The Morgan fingerprint density at radius 2 is 1.80 bits per heavy atom. The van der Waals surface area contributed by atoms with Gasteiger partial charge in [-0.3, -0.25) is 19.3 Å². The third-order valence-corrected chi connectivity index (χ3v) is 6.64. The molecule has 4 rings (SSSR count). The highest BCUT2D eigenvalue weighted by atomic mass is 16.5. The first-order valence-electron chi connectivity index (χ1n) is 11.2. The number of hydrogen-bond acceptors (Lipinski definition) is 4. The molecule has 2 saturated heterocycles. The van der Waals surface area contributed by atoms with Crippen LogP contribution in [0.3, 0.4) is 0 Å². The molecule has 2 heterocycles. The lowest BCUT2D eigenvalue weighted by molar-refractivity contribution is -0.925. The quantitative estimate of drug-likeness (QED) is 0.623. The Hall–Kier alpha value is -2.25. The third kappa shape index (κ3) is 4.90. The summed E-state index contributed by atoms with van der Waals surface area (Å²) in [5.41, 5.74) is 1.30. The van der Waals surface area contributed by atoms with Crippen molar-refractivity contribution in [2.75, 3.05) is 32.8 Å². The van der Waals surface area contributed by atoms with E-state index >= 15 is 0 Å². The van der Waals surface area contributed by atoms with Crippen molar-refractivity contribution in [2.24, 2.45) is 11.8 Å². The molecule has 1 unspecified atom stereocenters. The van der Waals surface area contributed by atoms with Crippen LogP contribution in [0.25, 0.3) is 0 Å². The number of carbonyl (C=O) groups is 3. The molecule has 2 N–H and O–H groups in total. The monoisotopic (exact) mass is 414 g/mol. The molecule has 3 aliphatic rings. The summed E-state index contributed by atoms with van der Waals surface area (Å²) in [6, 6.07) is 10.4. The van der Waals surface area contributed by atoms with E-state index in [0.717, 1.165) is 45.3 Å². The maximum atomic E-state index is 12.5. The zero-order valence-corrected chi connectivity index (χ0v) is 17.5. The minimum Gasteiger partial charge on any atom is -0.365 e. The number of likely N-dealkylation sites (tertiary alicyclic amines) is 1. The second-order valence-electron chi connectivity index (χ2n) is 8.74. The molecule has 3 fully saturated rings. The molecule has 1 saturated carbocycles. The van der Waals surface area contributed by atoms with Crippen LogP contribution in [0.5, 0.6) is 0 Å². The Morgan fingerprint density at radius 1 is 1.10 bits per heavy atom. The average molecular weight is 415 g/mol. The number of imide groups is 1. The predicted molar refractivity (Wildman–Crippen MR) is 110 cm³/mol. The lowest BCUT2D eigenvalue weighted by Gasteiger charge is -2.30. The van der Waals surface area contributed by atoms with E-state index in [4.69, 9.17) is 4.74 Å². The van der Waals surface area contributed by atoms with E-state index in [1.807, 2.05) is 6.07 Å². The highest BCUT2D eigenvalue weighted by molar-refractivity contribution is 6.05. The van der Waals surface area contributed by atoms with Gasteiger partial charge in [-0.2, -0.15) is 0 Å². The molecule has 162 valence electrons. The van der Waals surface area contributed by atoms with Gasteiger partial charge in [-0.05, 0) is 12.8 Å². The van der Waals surface area contributed by atoms with Crippen LogP contribution in [0.2, 0.25) is 0 Å². The maximum Gasteiger partial charge on any atom is 0.233 e. The van der Waals surface area contributed by atoms with E-state index in [1.54, 1.807) is 0 Å². The van der Waals surface area contributed by atoms with Crippen molar-refractivity contribution >= 4 is 17.7 Å². The second-order valence-corrected chi connectivity index (χ2v) is 8.74. The molecule has 3 amide bonds. The van der Waals surface area contributed by atoms with Gasteiger partial charge in [0.25, 0.3) is 0 Å².